The molecule has 0 aliphatic heterocycles. The van der Waals surface area contributed by atoms with E-state index in [1.165, 1.54) is 5.69 Å². The molecule has 0 saturated carbocycles. The molecular formula is C9H18N4. The van der Waals surface area contributed by atoms with Gasteiger partial charge in [0.25, 0.3) is 0 Å². The topological polar surface area (TPSA) is 56.7 Å². The highest BCUT2D eigenvalue weighted by Gasteiger charge is 2.09. The van der Waals surface area contributed by atoms with E-state index in [4.69, 9.17) is 5.73 Å². The number of nitrogens with zero attached hydrogens (tertiary/aromatic N) is 3. The Hall–Kier alpha value is -0.900. The number of nitrogens with two attached hydrogens (primary N) is 1. The van der Waals surface area contributed by atoms with E-state index in [0.717, 1.165) is 31.5 Å². The summed E-state index contributed by atoms with van der Waals surface area (Å²) in [6.45, 7) is 5.80. The second-order valence-electron chi connectivity index (χ2n) is 3.09. The van der Waals surface area contributed by atoms with E-state index >= 15 is 0 Å². The highest BCUT2D eigenvalue weighted by molar-refractivity contribution is 5.10. The fourth-order valence-corrected chi connectivity index (χ4v) is 1.46. The molecule has 0 aliphatic carbocycles. The van der Waals surface area contributed by atoms with Crippen molar-refractivity contribution in [3.8, 4) is 0 Å². The van der Waals surface area contributed by atoms with Crippen LogP contribution in [0.2, 0.25) is 0 Å². The summed E-state index contributed by atoms with van der Waals surface area (Å²) in [6, 6.07) is 0. The molecule has 13 heavy (non-hydrogen) atoms. The molecule has 0 atom stereocenters. The summed E-state index contributed by atoms with van der Waals surface area (Å²) in [4.78, 5) is 0. The average Bonchev–Trinajstić information content (AvgIpc) is 2.50. The Balaban J connectivity index is 2.85. The van der Waals surface area contributed by atoms with Crippen molar-refractivity contribution in [1.29, 1.82) is 0 Å². The van der Waals surface area contributed by atoms with Gasteiger partial charge in [-0.2, -0.15) is 0 Å². The van der Waals surface area contributed by atoms with Crippen molar-refractivity contribution in [3.63, 3.8) is 0 Å². The first-order valence-corrected chi connectivity index (χ1v) is 4.94. The number of aryl methyl sites for hydroxylation is 1. The molecule has 0 bridgehead atoms. The van der Waals surface area contributed by atoms with Gasteiger partial charge in [-0.15, -0.1) is 5.10 Å². The quantitative estimate of drug-likeness (QED) is 0.731. The molecule has 1 aromatic heterocycles. The summed E-state index contributed by atoms with van der Waals surface area (Å²) in [6.07, 6.45) is 3.02. The minimum atomic E-state index is 0.652. The van der Waals surface area contributed by atoms with Gasteiger partial charge in [0.05, 0.1) is 11.4 Å². The van der Waals surface area contributed by atoms with Crippen molar-refractivity contribution in [3.05, 3.63) is 11.4 Å². The highest BCUT2D eigenvalue weighted by atomic mass is 15.4. The molecule has 0 amide bonds. The first kappa shape index (κ1) is 10.2. The molecule has 1 aromatic rings. The van der Waals surface area contributed by atoms with Gasteiger partial charge in [-0.1, -0.05) is 18.6 Å². The lowest BCUT2D eigenvalue weighted by Gasteiger charge is -2.03. The minimum Gasteiger partial charge on any atom is -0.330 e. The predicted molar refractivity (Wildman–Crippen MR) is 52.4 cm³/mol. The fraction of sp³-hybridized carbons (Fsp3) is 0.778. The number of aromatic nitrogens is 3. The van der Waals surface area contributed by atoms with Crippen LogP contribution in [0.4, 0.5) is 0 Å². The van der Waals surface area contributed by atoms with E-state index in [2.05, 4.69) is 24.2 Å². The second-order valence-corrected chi connectivity index (χ2v) is 3.09. The van der Waals surface area contributed by atoms with Gasteiger partial charge in [0.15, 0.2) is 0 Å². The molecular weight excluding hydrogens is 164 g/mol. The second kappa shape index (κ2) is 4.97. The lowest BCUT2D eigenvalue weighted by molar-refractivity contribution is 0.593. The van der Waals surface area contributed by atoms with Crippen molar-refractivity contribution >= 4 is 0 Å². The third-order valence-electron chi connectivity index (χ3n) is 2.09. The average molecular weight is 182 g/mol. The van der Waals surface area contributed by atoms with Crippen LogP contribution in [-0.2, 0) is 19.4 Å². The van der Waals surface area contributed by atoms with Crippen molar-refractivity contribution in [2.45, 2.75) is 39.7 Å². The first-order chi connectivity index (χ1) is 6.33. The number of rotatable bonds is 5. The molecule has 4 heteroatoms. The Bertz CT molecular complexity index is 254. The monoisotopic (exact) mass is 182 g/mol. The van der Waals surface area contributed by atoms with Crippen LogP contribution in [0.5, 0.6) is 0 Å². The van der Waals surface area contributed by atoms with Crippen molar-refractivity contribution in [2.75, 3.05) is 6.54 Å². The summed E-state index contributed by atoms with van der Waals surface area (Å²) < 4.78 is 1.97. The Kier molecular flexibility index (Phi) is 3.89. The predicted octanol–water partition coefficient (Wildman–Crippen LogP) is 0.752. The first-order valence-electron chi connectivity index (χ1n) is 4.94. The number of hydrogen-bond donors (Lipinski definition) is 1. The molecule has 0 saturated heterocycles. The van der Waals surface area contributed by atoms with Gasteiger partial charge in [0, 0.05) is 13.0 Å². The van der Waals surface area contributed by atoms with E-state index in [1.54, 1.807) is 0 Å². The third-order valence-corrected chi connectivity index (χ3v) is 2.09. The maximum absolute atomic E-state index is 5.50. The van der Waals surface area contributed by atoms with E-state index in [-0.39, 0.29) is 0 Å². The molecule has 74 valence electrons. The van der Waals surface area contributed by atoms with Crippen LogP contribution in [0.25, 0.3) is 0 Å². The summed E-state index contributed by atoms with van der Waals surface area (Å²) in [5, 5.41) is 8.21. The van der Waals surface area contributed by atoms with Gasteiger partial charge in [-0.05, 0) is 19.9 Å². The maximum Gasteiger partial charge on any atom is 0.0871 e. The van der Waals surface area contributed by atoms with Crippen LogP contribution in [0.1, 0.15) is 31.7 Å². The molecule has 0 spiro atoms. The van der Waals surface area contributed by atoms with Crippen LogP contribution < -0.4 is 5.73 Å². The van der Waals surface area contributed by atoms with Gasteiger partial charge in [0.1, 0.15) is 0 Å². The molecule has 0 aromatic carbocycles. The Labute approximate surface area is 79.1 Å². The lowest BCUT2D eigenvalue weighted by atomic mass is 10.1. The summed E-state index contributed by atoms with van der Waals surface area (Å²) in [7, 11) is 0. The van der Waals surface area contributed by atoms with Crippen molar-refractivity contribution in [2.24, 2.45) is 5.73 Å². The molecule has 1 rings (SSSR count). The Morgan fingerprint density at radius 2 is 2.08 bits per heavy atom. The van der Waals surface area contributed by atoms with Gasteiger partial charge in [-0.3, -0.25) is 0 Å². The van der Waals surface area contributed by atoms with Crippen LogP contribution in [0, 0.1) is 0 Å². The molecule has 0 radical (unpaired) electrons. The van der Waals surface area contributed by atoms with E-state index in [9.17, 15) is 0 Å². The zero-order valence-electron chi connectivity index (χ0n) is 8.45. The smallest absolute Gasteiger partial charge is 0.0871 e. The van der Waals surface area contributed by atoms with Crippen molar-refractivity contribution < 1.29 is 0 Å². The van der Waals surface area contributed by atoms with Crippen molar-refractivity contribution in [1.82, 2.24) is 15.0 Å². The highest BCUT2D eigenvalue weighted by Crippen LogP contribution is 2.08. The van der Waals surface area contributed by atoms with Gasteiger partial charge in [0.2, 0.25) is 0 Å². The fourth-order valence-electron chi connectivity index (χ4n) is 1.46. The van der Waals surface area contributed by atoms with Crippen LogP contribution in [0.3, 0.4) is 0 Å². The van der Waals surface area contributed by atoms with Crippen LogP contribution >= 0.6 is 0 Å². The largest absolute Gasteiger partial charge is 0.330 e. The van der Waals surface area contributed by atoms with Gasteiger partial charge in [-0.25, -0.2) is 4.68 Å². The lowest BCUT2D eigenvalue weighted by Crippen LogP contribution is -2.07. The normalized spacial score (nSPS) is 10.7. The Morgan fingerprint density at radius 1 is 1.31 bits per heavy atom. The molecule has 0 aliphatic rings. The van der Waals surface area contributed by atoms with E-state index in [0.29, 0.717) is 6.54 Å². The molecule has 1 heterocycles. The van der Waals surface area contributed by atoms with E-state index in [1.807, 2.05) is 4.68 Å². The number of hydrogen-bond acceptors (Lipinski definition) is 3. The van der Waals surface area contributed by atoms with Crippen LogP contribution in [-0.4, -0.2) is 21.5 Å². The molecule has 0 fully saturated rings. The van der Waals surface area contributed by atoms with E-state index < -0.39 is 0 Å². The summed E-state index contributed by atoms with van der Waals surface area (Å²) in [5.41, 5.74) is 7.83. The zero-order valence-corrected chi connectivity index (χ0v) is 8.45. The minimum absolute atomic E-state index is 0.652. The van der Waals surface area contributed by atoms with Gasteiger partial charge >= 0.3 is 0 Å². The Morgan fingerprint density at radius 3 is 2.62 bits per heavy atom. The third kappa shape index (κ3) is 2.28. The molecule has 4 nitrogen and oxygen atoms in total. The zero-order chi connectivity index (χ0) is 9.68. The summed E-state index contributed by atoms with van der Waals surface area (Å²) >= 11 is 0. The van der Waals surface area contributed by atoms with Gasteiger partial charge < -0.3 is 5.73 Å². The standard InChI is InChI=1S/C9H18N4/c1-3-5-9-8(6-7-10)11-12-13(9)4-2/h3-7,10H2,1-2H3. The molecule has 0 unspecified atom stereocenters. The van der Waals surface area contributed by atoms with Crippen LogP contribution in [0.15, 0.2) is 0 Å². The summed E-state index contributed by atoms with van der Waals surface area (Å²) in [5.74, 6) is 0. The maximum atomic E-state index is 5.50. The SMILES string of the molecule is CCCc1c(CCN)nnn1CC. The molecule has 2 N–H and O–H groups in total.